The van der Waals surface area contributed by atoms with E-state index < -0.39 is 0 Å². The molecule has 0 aliphatic carbocycles. The largest absolute Gasteiger partial charge is 0.378 e. The predicted molar refractivity (Wildman–Crippen MR) is 95.1 cm³/mol. The predicted octanol–water partition coefficient (Wildman–Crippen LogP) is 0.970. The van der Waals surface area contributed by atoms with Crippen LogP contribution in [0.2, 0.25) is 0 Å². The topological polar surface area (TPSA) is 82.2 Å². The number of hydrogen-bond donors (Lipinski definition) is 0. The van der Waals surface area contributed by atoms with Gasteiger partial charge in [-0.1, -0.05) is 0 Å². The number of carbonyl (C=O) groups excluding carboxylic acids is 1. The van der Waals surface area contributed by atoms with Gasteiger partial charge < -0.3 is 9.64 Å². The second kappa shape index (κ2) is 7.28. The number of amides is 1. The Balaban J connectivity index is 1.55. The van der Waals surface area contributed by atoms with Crippen LogP contribution >= 0.6 is 0 Å². The van der Waals surface area contributed by atoms with Gasteiger partial charge in [-0.2, -0.15) is 5.10 Å². The fourth-order valence-corrected chi connectivity index (χ4v) is 3.07. The van der Waals surface area contributed by atoms with Crippen molar-refractivity contribution >= 4 is 16.9 Å². The van der Waals surface area contributed by atoms with Gasteiger partial charge in [-0.05, 0) is 24.3 Å². The molecule has 0 N–H and O–H groups in total. The molecule has 1 aliphatic rings. The SMILES string of the molecule is O=C(CCn1cnc2c(cnn2-c2ccc(F)cc2)c1=O)N1CCOCC1. The summed E-state index contributed by atoms with van der Waals surface area (Å²) < 4.78 is 21.2. The molecule has 9 heteroatoms. The molecule has 0 atom stereocenters. The number of halogens is 1. The van der Waals surface area contributed by atoms with Crippen molar-refractivity contribution in [2.75, 3.05) is 26.3 Å². The number of fused-ring (bicyclic) bond motifs is 1. The lowest BCUT2D eigenvalue weighted by atomic mass is 10.3. The van der Waals surface area contributed by atoms with Crippen molar-refractivity contribution in [1.82, 2.24) is 24.2 Å². The second-order valence-electron chi connectivity index (χ2n) is 6.26. The van der Waals surface area contributed by atoms with Gasteiger partial charge in [0.05, 0.1) is 31.4 Å². The Morgan fingerprint density at radius 3 is 2.67 bits per heavy atom. The number of carbonyl (C=O) groups is 1. The maximum absolute atomic E-state index is 13.1. The van der Waals surface area contributed by atoms with Crippen molar-refractivity contribution in [1.29, 1.82) is 0 Å². The smallest absolute Gasteiger partial charge is 0.264 e. The van der Waals surface area contributed by atoms with Gasteiger partial charge in [-0.3, -0.25) is 14.2 Å². The Kier molecular flexibility index (Phi) is 4.68. The van der Waals surface area contributed by atoms with Gasteiger partial charge in [-0.15, -0.1) is 0 Å². The summed E-state index contributed by atoms with van der Waals surface area (Å²) >= 11 is 0. The van der Waals surface area contributed by atoms with E-state index in [2.05, 4.69) is 10.1 Å². The lowest BCUT2D eigenvalue weighted by Crippen LogP contribution is -2.41. The minimum Gasteiger partial charge on any atom is -0.378 e. The zero-order chi connectivity index (χ0) is 18.8. The minimum absolute atomic E-state index is 0.00713. The maximum atomic E-state index is 13.1. The van der Waals surface area contributed by atoms with Crippen LogP contribution < -0.4 is 5.56 Å². The molecule has 2 aromatic heterocycles. The molecule has 3 heterocycles. The van der Waals surface area contributed by atoms with Crippen molar-refractivity contribution in [3.8, 4) is 5.69 Å². The molecule has 8 nitrogen and oxygen atoms in total. The fourth-order valence-electron chi connectivity index (χ4n) is 3.07. The van der Waals surface area contributed by atoms with E-state index in [1.54, 1.807) is 17.0 Å². The molecule has 1 fully saturated rings. The van der Waals surface area contributed by atoms with E-state index >= 15 is 0 Å². The van der Waals surface area contributed by atoms with E-state index in [0.29, 0.717) is 43.0 Å². The zero-order valence-corrected chi connectivity index (χ0v) is 14.5. The summed E-state index contributed by atoms with van der Waals surface area (Å²) in [5.74, 6) is -0.359. The van der Waals surface area contributed by atoms with E-state index in [-0.39, 0.29) is 30.2 Å². The first-order chi connectivity index (χ1) is 13.1. The lowest BCUT2D eigenvalue weighted by molar-refractivity contribution is -0.135. The van der Waals surface area contributed by atoms with Crippen LogP contribution in [0.4, 0.5) is 4.39 Å². The Hall–Kier alpha value is -3.07. The first kappa shape index (κ1) is 17.3. The third kappa shape index (κ3) is 3.45. The van der Waals surface area contributed by atoms with Gasteiger partial charge in [0.1, 0.15) is 11.2 Å². The average Bonchev–Trinajstić information content (AvgIpc) is 3.13. The zero-order valence-electron chi connectivity index (χ0n) is 14.5. The maximum Gasteiger partial charge on any atom is 0.264 e. The summed E-state index contributed by atoms with van der Waals surface area (Å²) in [5, 5.41) is 4.54. The Morgan fingerprint density at radius 1 is 1.19 bits per heavy atom. The second-order valence-corrected chi connectivity index (χ2v) is 6.26. The van der Waals surface area contributed by atoms with Crippen molar-refractivity contribution in [3.05, 3.63) is 53.0 Å². The molecule has 1 aliphatic heterocycles. The van der Waals surface area contributed by atoms with Gasteiger partial charge in [0.15, 0.2) is 5.65 Å². The van der Waals surface area contributed by atoms with Crippen LogP contribution in [0.3, 0.4) is 0 Å². The van der Waals surface area contributed by atoms with Gasteiger partial charge in [0, 0.05) is 26.1 Å². The quantitative estimate of drug-likeness (QED) is 0.683. The van der Waals surface area contributed by atoms with Gasteiger partial charge >= 0.3 is 0 Å². The van der Waals surface area contributed by atoms with Crippen LogP contribution in [0.15, 0.2) is 41.6 Å². The number of aryl methyl sites for hydroxylation is 1. The van der Waals surface area contributed by atoms with Crippen molar-refractivity contribution in [2.45, 2.75) is 13.0 Å². The Bertz CT molecular complexity index is 1020. The number of nitrogens with zero attached hydrogens (tertiary/aromatic N) is 5. The number of benzene rings is 1. The highest BCUT2D eigenvalue weighted by Gasteiger charge is 2.17. The minimum atomic E-state index is -0.351. The van der Waals surface area contributed by atoms with Crippen molar-refractivity contribution in [3.63, 3.8) is 0 Å². The molecule has 1 aromatic carbocycles. The van der Waals surface area contributed by atoms with E-state index in [1.165, 1.54) is 33.9 Å². The van der Waals surface area contributed by atoms with Crippen molar-refractivity contribution < 1.29 is 13.9 Å². The molecule has 4 rings (SSSR count). The van der Waals surface area contributed by atoms with Crippen LogP contribution in [-0.4, -0.2) is 56.4 Å². The first-order valence-electron chi connectivity index (χ1n) is 8.68. The molecule has 0 spiro atoms. The summed E-state index contributed by atoms with van der Waals surface area (Å²) in [5.41, 5.74) is 0.740. The monoisotopic (exact) mass is 371 g/mol. The molecular formula is C18H18FN5O3. The fraction of sp³-hybridized carbons (Fsp3) is 0.333. The van der Waals surface area contributed by atoms with Crippen LogP contribution in [-0.2, 0) is 16.1 Å². The van der Waals surface area contributed by atoms with Crippen LogP contribution in [0.5, 0.6) is 0 Å². The molecule has 0 unspecified atom stereocenters. The molecule has 0 saturated carbocycles. The third-order valence-corrected chi connectivity index (χ3v) is 4.56. The highest BCUT2D eigenvalue weighted by molar-refractivity contribution is 5.76. The molecule has 0 radical (unpaired) electrons. The molecule has 3 aromatic rings. The highest BCUT2D eigenvalue weighted by atomic mass is 19.1. The highest BCUT2D eigenvalue weighted by Crippen LogP contribution is 2.14. The van der Waals surface area contributed by atoms with Crippen LogP contribution in [0, 0.1) is 5.82 Å². The van der Waals surface area contributed by atoms with Crippen LogP contribution in [0.1, 0.15) is 6.42 Å². The first-order valence-corrected chi connectivity index (χ1v) is 8.68. The third-order valence-electron chi connectivity index (χ3n) is 4.56. The van der Waals surface area contributed by atoms with Gasteiger partial charge in [0.25, 0.3) is 5.56 Å². The van der Waals surface area contributed by atoms with E-state index in [4.69, 9.17) is 4.74 Å². The number of ether oxygens (including phenoxy) is 1. The Morgan fingerprint density at radius 2 is 1.93 bits per heavy atom. The summed E-state index contributed by atoms with van der Waals surface area (Å²) in [6.07, 6.45) is 3.08. The van der Waals surface area contributed by atoms with E-state index in [1.807, 2.05) is 0 Å². The summed E-state index contributed by atoms with van der Waals surface area (Å²) in [6.45, 7) is 2.49. The molecule has 27 heavy (non-hydrogen) atoms. The number of aromatic nitrogens is 4. The average molecular weight is 371 g/mol. The summed E-state index contributed by atoms with van der Waals surface area (Å²) in [6, 6.07) is 5.77. The van der Waals surface area contributed by atoms with Gasteiger partial charge in [0.2, 0.25) is 5.91 Å². The molecule has 1 amide bonds. The van der Waals surface area contributed by atoms with E-state index in [9.17, 15) is 14.0 Å². The standard InChI is InChI=1S/C18H18FN5O3/c19-13-1-3-14(4-2-13)24-17-15(11-21-24)18(26)23(12-20-17)6-5-16(25)22-7-9-27-10-8-22/h1-4,11-12H,5-10H2. The number of morpholine rings is 1. The van der Waals surface area contributed by atoms with E-state index in [0.717, 1.165) is 0 Å². The van der Waals surface area contributed by atoms with Gasteiger partial charge in [-0.25, -0.2) is 14.1 Å². The molecule has 140 valence electrons. The normalized spacial score (nSPS) is 14.6. The summed E-state index contributed by atoms with van der Waals surface area (Å²) in [4.78, 5) is 31.0. The number of hydrogen-bond acceptors (Lipinski definition) is 5. The lowest BCUT2D eigenvalue weighted by Gasteiger charge is -2.26. The van der Waals surface area contributed by atoms with Crippen LogP contribution in [0.25, 0.3) is 16.7 Å². The Labute approximate surface area is 153 Å². The number of rotatable bonds is 4. The molecular weight excluding hydrogens is 353 g/mol. The summed E-state index contributed by atoms with van der Waals surface area (Å²) in [7, 11) is 0. The molecule has 0 bridgehead atoms. The van der Waals surface area contributed by atoms with Crippen molar-refractivity contribution in [2.24, 2.45) is 0 Å². The molecule has 1 saturated heterocycles.